The molecular formula is C36H24N2. The van der Waals surface area contributed by atoms with Crippen LogP contribution in [0, 0.1) is 0 Å². The van der Waals surface area contributed by atoms with Gasteiger partial charge in [0.2, 0.25) is 0 Å². The molecule has 178 valence electrons. The van der Waals surface area contributed by atoms with Crippen LogP contribution < -0.4 is 0 Å². The largest absolute Gasteiger partial charge is 0.355 e. The number of nitrogens with zero attached hydrogens (tertiary/aromatic N) is 1. The Labute approximate surface area is 220 Å². The van der Waals surface area contributed by atoms with Gasteiger partial charge in [0.15, 0.2) is 0 Å². The van der Waals surface area contributed by atoms with Gasteiger partial charge in [-0.3, -0.25) is 0 Å². The van der Waals surface area contributed by atoms with Crippen LogP contribution in [0.4, 0.5) is 0 Å². The van der Waals surface area contributed by atoms with Gasteiger partial charge in [0.05, 0.1) is 11.0 Å². The summed E-state index contributed by atoms with van der Waals surface area (Å²) in [7, 11) is 0. The average Bonchev–Trinajstić information content (AvgIpc) is 3.53. The number of aromatic amines is 1. The number of para-hydroxylation sites is 2. The average molecular weight is 485 g/mol. The highest BCUT2D eigenvalue weighted by atomic mass is 15.0. The van der Waals surface area contributed by atoms with Crippen LogP contribution in [-0.2, 0) is 0 Å². The molecule has 0 saturated carbocycles. The van der Waals surface area contributed by atoms with Crippen molar-refractivity contribution in [3.05, 3.63) is 140 Å². The first-order valence-electron chi connectivity index (χ1n) is 13.0. The van der Waals surface area contributed by atoms with Gasteiger partial charge in [-0.15, -0.1) is 0 Å². The van der Waals surface area contributed by atoms with Crippen molar-refractivity contribution in [2.45, 2.75) is 0 Å². The molecule has 8 aromatic rings. The minimum atomic E-state index is 1.17. The van der Waals surface area contributed by atoms with E-state index < -0.39 is 0 Å². The van der Waals surface area contributed by atoms with E-state index in [1.165, 1.54) is 71.6 Å². The summed E-state index contributed by atoms with van der Waals surface area (Å²) in [4.78, 5) is 3.56. The van der Waals surface area contributed by atoms with Gasteiger partial charge in [-0.05, 0) is 64.7 Å². The monoisotopic (exact) mass is 484 g/mol. The Bertz CT molecular complexity index is 2110. The van der Waals surface area contributed by atoms with Crippen molar-refractivity contribution < 1.29 is 0 Å². The first-order valence-corrected chi connectivity index (χ1v) is 13.0. The first-order chi connectivity index (χ1) is 18.8. The fourth-order valence-electron chi connectivity index (χ4n) is 5.99. The predicted molar refractivity (Wildman–Crippen MR) is 161 cm³/mol. The van der Waals surface area contributed by atoms with Gasteiger partial charge in [0.25, 0.3) is 0 Å². The number of nitrogens with one attached hydrogen (secondary N) is 1. The molecule has 2 heterocycles. The van der Waals surface area contributed by atoms with Crippen LogP contribution in [0.25, 0.3) is 71.6 Å². The maximum atomic E-state index is 3.56. The highest BCUT2D eigenvalue weighted by Crippen LogP contribution is 2.40. The van der Waals surface area contributed by atoms with Gasteiger partial charge in [-0.1, -0.05) is 97.1 Å². The highest BCUT2D eigenvalue weighted by molar-refractivity contribution is 6.17. The van der Waals surface area contributed by atoms with Crippen molar-refractivity contribution in [3.8, 4) is 27.9 Å². The zero-order valence-electron chi connectivity index (χ0n) is 20.7. The van der Waals surface area contributed by atoms with E-state index in [-0.39, 0.29) is 0 Å². The Morgan fingerprint density at radius 2 is 1.08 bits per heavy atom. The fraction of sp³-hybridized carbons (Fsp3) is 0. The molecule has 0 aliphatic heterocycles. The Kier molecular flexibility index (Phi) is 4.55. The summed E-state index contributed by atoms with van der Waals surface area (Å²) >= 11 is 0. The topological polar surface area (TPSA) is 20.7 Å². The van der Waals surface area contributed by atoms with E-state index in [9.17, 15) is 0 Å². The lowest BCUT2D eigenvalue weighted by atomic mass is 9.98. The maximum absolute atomic E-state index is 3.56. The molecule has 0 fully saturated rings. The molecule has 2 nitrogen and oxygen atoms in total. The molecule has 1 N–H and O–H groups in total. The molecule has 0 spiro atoms. The number of hydrogen-bond donors (Lipinski definition) is 1. The molecule has 0 bridgehead atoms. The minimum Gasteiger partial charge on any atom is -0.355 e. The van der Waals surface area contributed by atoms with E-state index >= 15 is 0 Å². The number of benzene rings is 6. The second kappa shape index (κ2) is 8.22. The summed E-state index contributed by atoms with van der Waals surface area (Å²) in [5, 5.41) is 5.08. The number of rotatable bonds is 3. The van der Waals surface area contributed by atoms with Crippen LogP contribution in [0.2, 0.25) is 0 Å². The molecule has 0 aliphatic rings. The third-order valence-corrected chi connectivity index (χ3v) is 7.75. The Hall–Kier alpha value is -5.08. The van der Waals surface area contributed by atoms with E-state index in [1.54, 1.807) is 0 Å². The van der Waals surface area contributed by atoms with E-state index in [4.69, 9.17) is 0 Å². The normalized spacial score (nSPS) is 11.7. The maximum Gasteiger partial charge on any atom is 0.0547 e. The molecule has 0 saturated heterocycles. The molecule has 2 heteroatoms. The standard InChI is InChI=1S/C36H24N2/c1-2-9-24(10-3-1)25-17-20-27(21-18-25)38-34-15-7-5-12-30(34)36-28(13-8-16-35(36)38)26-19-22-33-31(23-26)29-11-4-6-14-32(29)37-33/h1-23,37H. The quantitative estimate of drug-likeness (QED) is 0.258. The molecule has 0 aliphatic carbocycles. The molecule has 0 unspecified atom stereocenters. The second-order valence-corrected chi connectivity index (χ2v) is 9.90. The zero-order chi connectivity index (χ0) is 25.1. The van der Waals surface area contributed by atoms with Gasteiger partial charge in [-0.25, -0.2) is 0 Å². The first kappa shape index (κ1) is 21.0. The summed E-state index contributed by atoms with van der Waals surface area (Å²) in [6.07, 6.45) is 0. The number of aromatic nitrogens is 2. The van der Waals surface area contributed by atoms with Crippen molar-refractivity contribution in [1.82, 2.24) is 9.55 Å². The van der Waals surface area contributed by atoms with Crippen LogP contribution in [0.3, 0.4) is 0 Å². The summed E-state index contributed by atoms with van der Waals surface area (Å²) in [5.41, 5.74) is 10.9. The van der Waals surface area contributed by atoms with E-state index in [2.05, 4.69) is 149 Å². The fourth-order valence-corrected chi connectivity index (χ4v) is 5.99. The molecule has 8 rings (SSSR count). The van der Waals surface area contributed by atoms with Crippen molar-refractivity contribution in [2.75, 3.05) is 0 Å². The molecule has 6 aromatic carbocycles. The summed E-state index contributed by atoms with van der Waals surface area (Å²) < 4.78 is 2.40. The van der Waals surface area contributed by atoms with E-state index in [0.29, 0.717) is 0 Å². The van der Waals surface area contributed by atoms with Gasteiger partial charge in [0.1, 0.15) is 0 Å². The van der Waals surface area contributed by atoms with Crippen molar-refractivity contribution in [2.24, 2.45) is 0 Å². The van der Waals surface area contributed by atoms with Crippen molar-refractivity contribution in [3.63, 3.8) is 0 Å². The third-order valence-electron chi connectivity index (χ3n) is 7.75. The Balaban J connectivity index is 1.36. The molecular weight excluding hydrogens is 460 g/mol. The van der Waals surface area contributed by atoms with Crippen LogP contribution >= 0.6 is 0 Å². The van der Waals surface area contributed by atoms with Crippen LogP contribution in [-0.4, -0.2) is 9.55 Å². The minimum absolute atomic E-state index is 1.17. The number of fused-ring (bicyclic) bond motifs is 6. The lowest BCUT2D eigenvalue weighted by Crippen LogP contribution is -1.93. The number of H-pyrrole nitrogens is 1. The molecule has 0 radical (unpaired) electrons. The second-order valence-electron chi connectivity index (χ2n) is 9.90. The zero-order valence-corrected chi connectivity index (χ0v) is 20.7. The van der Waals surface area contributed by atoms with E-state index in [0.717, 1.165) is 0 Å². The summed E-state index contributed by atoms with van der Waals surface area (Å²) in [5.74, 6) is 0. The highest BCUT2D eigenvalue weighted by Gasteiger charge is 2.16. The van der Waals surface area contributed by atoms with Crippen LogP contribution in [0.1, 0.15) is 0 Å². The molecule has 2 aromatic heterocycles. The predicted octanol–water partition coefficient (Wildman–Crippen LogP) is 9.75. The Morgan fingerprint density at radius 1 is 0.421 bits per heavy atom. The lowest BCUT2D eigenvalue weighted by molar-refractivity contribution is 1.18. The lowest BCUT2D eigenvalue weighted by Gasteiger charge is -2.10. The molecule has 38 heavy (non-hydrogen) atoms. The van der Waals surface area contributed by atoms with Gasteiger partial charge in [-0.2, -0.15) is 0 Å². The van der Waals surface area contributed by atoms with E-state index in [1.807, 2.05) is 0 Å². The van der Waals surface area contributed by atoms with Gasteiger partial charge < -0.3 is 9.55 Å². The summed E-state index contributed by atoms with van der Waals surface area (Å²) in [6.45, 7) is 0. The molecule has 0 atom stereocenters. The van der Waals surface area contributed by atoms with Crippen LogP contribution in [0.5, 0.6) is 0 Å². The van der Waals surface area contributed by atoms with Crippen molar-refractivity contribution >= 4 is 43.6 Å². The van der Waals surface area contributed by atoms with Crippen LogP contribution in [0.15, 0.2) is 140 Å². The third kappa shape index (κ3) is 3.14. The summed E-state index contributed by atoms with van der Waals surface area (Å²) in [6, 6.07) is 50.2. The van der Waals surface area contributed by atoms with Gasteiger partial charge >= 0.3 is 0 Å². The Morgan fingerprint density at radius 3 is 1.95 bits per heavy atom. The SMILES string of the molecule is c1ccc(-c2ccc(-n3c4ccccc4c4c(-c5ccc6[nH]c7ccccc7c6c5)cccc43)cc2)cc1. The van der Waals surface area contributed by atoms with Gasteiger partial charge in [0, 0.05) is 38.3 Å². The number of hydrogen-bond acceptors (Lipinski definition) is 0. The van der Waals surface area contributed by atoms with Crippen molar-refractivity contribution in [1.29, 1.82) is 0 Å². The smallest absolute Gasteiger partial charge is 0.0547 e. The molecule has 0 amide bonds.